The van der Waals surface area contributed by atoms with E-state index >= 15 is 0 Å². The Kier molecular flexibility index (Phi) is 7.74. The molecule has 0 aromatic heterocycles. The van der Waals surface area contributed by atoms with Gasteiger partial charge in [-0.15, -0.1) is 24.8 Å². The van der Waals surface area contributed by atoms with Crippen molar-refractivity contribution in [3.8, 4) is 0 Å². The van der Waals surface area contributed by atoms with Crippen LogP contribution in [0.4, 0.5) is 13.2 Å². The summed E-state index contributed by atoms with van der Waals surface area (Å²) in [4.78, 5) is 1.93. The molecule has 1 fully saturated rings. The van der Waals surface area contributed by atoms with Crippen LogP contribution in [-0.2, 0) is 6.54 Å². The summed E-state index contributed by atoms with van der Waals surface area (Å²) in [5, 5.41) is 0. The fourth-order valence-corrected chi connectivity index (χ4v) is 2.06. The Balaban J connectivity index is 0.00000162. The van der Waals surface area contributed by atoms with Gasteiger partial charge in [-0.25, -0.2) is 13.2 Å². The standard InChI is InChI=1S/C12H15F3N2.2ClH/c13-8-5-11(14)10(12(15)6-8)7-17-3-1-9(16)2-4-17;;/h5-6,9H,1-4,7,16H2;2*1H. The van der Waals surface area contributed by atoms with Gasteiger partial charge in [0.15, 0.2) is 0 Å². The van der Waals surface area contributed by atoms with E-state index in [2.05, 4.69) is 0 Å². The van der Waals surface area contributed by atoms with E-state index in [0.29, 0.717) is 12.1 Å². The number of hydrogen-bond acceptors (Lipinski definition) is 2. The zero-order valence-electron chi connectivity index (χ0n) is 10.2. The van der Waals surface area contributed by atoms with Gasteiger partial charge in [0, 0.05) is 30.3 Å². The Morgan fingerprint density at radius 1 is 1.05 bits per heavy atom. The fraction of sp³-hybridized carbons (Fsp3) is 0.500. The molecule has 1 heterocycles. The molecule has 0 spiro atoms. The van der Waals surface area contributed by atoms with Gasteiger partial charge in [0.25, 0.3) is 0 Å². The molecule has 0 atom stereocenters. The maximum atomic E-state index is 13.4. The molecule has 0 amide bonds. The van der Waals surface area contributed by atoms with Crippen molar-refractivity contribution in [1.82, 2.24) is 4.90 Å². The van der Waals surface area contributed by atoms with E-state index in [0.717, 1.165) is 25.9 Å². The molecule has 1 aliphatic heterocycles. The molecule has 0 saturated carbocycles. The highest BCUT2D eigenvalue weighted by atomic mass is 35.5. The van der Waals surface area contributed by atoms with E-state index < -0.39 is 17.5 Å². The minimum atomic E-state index is -0.885. The topological polar surface area (TPSA) is 29.3 Å². The van der Waals surface area contributed by atoms with Crippen molar-refractivity contribution in [3.63, 3.8) is 0 Å². The third-order valence-corrected chi connectivity index (χ3v) is 3.12. The Morgan fingerprint density at radius 2 is 1.53 bits per heavy atom. The van der Waals surface area contributed by atoms with Crippen molar-refractivity contribution >= 4 is 24.8 Å². The fourth-order valence-electron chi connectivity index (χ4n) is 2.06. The summed E-state index contributed by atoms with van der Waals surface area (Å²) < 4.78 is 39.6. The van der Waals surface area contributed by atoms with Crippen LogP contribution in [0.25, 0.3) is 0 Å². The molecule has 0 bridgehead atoms. The highest BCUT2D eigenvalue weighted by molar-refractivity contribution is 5.85. The lowest BCUT2D eigenvalue weighted by atomic mass is 10.0. The van der Waals surface area contributed by atoms with Gasteiger partial charge in [-0.1, -0.05) is 0 Å². The van der Waals surface area contributed by atoms with Crippen LogP contribution in [-0.4, -0.2) is 24.0 Å². The van der Waals surface area contributed by atoms with Gasteiger partial charge < -0.3 is 5.73 Å². The predicted octanol–water partition coefficient (Wildman–Crippen LogP) is 2.87. The first-order chi connectivity index (χ1) is 8.06. The molecular formula is C12H17Cl2F3N2. The highest BCUT2D eigenvalue weighted by Gasteiger charge is 2.19. The monoisotopic (exact) mass is 316 g/mol. The maximum absolute atomic E-state index is 13.4. The van der Waals surface area contributed by atoms with E-state index in [1.165, 1.54) is 0 Å². The van der Waals surface area contributed by atoms with Gasteiger partial charge in [-0.05, 0) is 25.9 Å². The third-order valence-electron chi connectivity index (χ3n) is 3.12. The van der Waals surface area contributed by atoms with Gasteiger partial charge in [0.1, 0.15) is 17.5 Å². The minimum absolute atomic E-state index is 0. The Morgan fingerprint density at radius 3 is 2.00 bits per heavy atom. The van der Waals surface area contributed by atoms with E-state index in [1.54, 1.807) is 0 Å². The Labute approximate surface area is 123 Å². The minimum Gasteiger partial charge on any atom is -0.328 e. The summed E-state index contributed by atoms with van der Waals surface area (Å²) >= 11 is 0. The molecule has 1 saturated heterocycles. The quantitative estimate of drug-likeness (QED) is 0.909. The molecule has 2 N–H and O–H groups in total. The number of halogens is 5. The number of nitrogens with two attached hydrogens (primary N) is 1. The van der Waals surface area contributed by atoms with Crippen LogP contribution in [0, 0.1) is 17.5 Å². The number of nitrogens with zero attached hydrogens (tertiary/aromatic N) is 1. The molecule has 1 aromatic rings. The summed E-state index contributed by atoms with van der Waals surface area (Å²) in [5.74, 6) is -2.53. The first kappa shape index (κ1) is 18.5. The average molecular weight is 317 g/mol. The van der Waals surface area contributed by atoms with Crippen LogP contribution in [0.1, 0.15) is 18.4 Å². The zero-order chi connectivity index (χ0) is 12.4. The lowest BCUT2D eigenvalue weighted by Crippen LogP contribution is -2.39. The molecule has 110 valence electrons. The number of hydrogen-bond donors (Lipinski definition) is 1. The summed E-state index contributed by atoms with van der Waals surface area (Å²) in [5.41, 5.74) is 5.68. The average Bonchev–Trinajstić information content (AvgIpc) is 2.26. The van der Waals surface area contributed by atoms with Crippen LogP contribution in [0.15, 0.2) is 12.1 Å². The predicted molar refractivity (Wildman–Crippen MR) is 73.3 cm³/mol. The highest BCUT2D eigenvalue weighted by Crippen LogP contribution is 2.19. The van der Waals surface area contributed by atoms with Gasteiger partial charge in [0.05, 0.1) is 0 Å². The van der Waals surface area contributed by atoms with E-state index in [1.807, 2.05) is 4.90 Å². The van der Waals surface area contributed by atoms with E-state index in [4.69, 9.17) is 5.73 Å². The van der Waals surface area contributed by atoms with Crippen molar-refractivity contribution in [2.24, 2.45) is 5.73 Å². The molecule has 0 radical (unpaired) electrons. The number of benzene rings is 1. The molecule has 7 heteroatoms. The second-order valence-electron chi connectivity index (χ2n) is 4.46. The lowest BCUT2D eigenvalue weighted by molar-refractivity contribution is 0.200. The van der Waals surface area contributed by atoms with Crippen molar-refractivity contribution < 1.29 is 13.2 Å². The SMILES string of the molecule is Cl.Cl.NC1CCN(Cc2c(F)cc(F)cc2F)CC1. The summed E-state index contributed by atoms with van der Waals surface area (Å²) in [6.07, 6.45) is 1.65. The molecule has 1 aromatic carbocycles. The van der Waals surface area contributed by atoms with Crippen LogP contribution < -0.4 is 5.73 Å². The Bertz CT molecular complexity index is 387. The van der Waals surface area contributed by atoms with Gasteiger partial charge in [-0.3, -0.25) is 4.90 Å². The smallest absolute Gasteiger partial charge is 0.133 e. The summed E-state index contributed by atoms with van der Waals surface area (Å²) in [6.45, 7) is 1.61. The van der Waals surface area contributed by atoms with Crippen molar-refractivity contribution in [2.75, 3.05) is 13.1 Å². The molecular weight excluding hydrogens is 300 g/mol. The van der Waals surface area contributed by atoms with Gasteiger partial charge in [-0.2, -0.15) is 0 Å². The summed E-state index contributed by atoms with van der Waals surface area (Å²) in [7, 11) is 0. The van der Waals surface area contributed by atoms with Crippen molar-refractivity contribution in [2.45, 2.75) is 25.4 Å². The second kappa shape index (κ2) is 7.94. The maximum Gasteiger partial charge on any atom is 0.133 e. The van der Waals surface area contributed by atoms with Crippen molar-refractivity contribution in [3.05, 3.63) is 35.1 Å². The van der Waals surface area contributed by atoms with Crippen molar-refractivity contribution in [1.29, 1.82) is 0 Å². The van der Waals surface area contributed by atoms with Gasteiger partial charge >= 0.3 is 0 Å². The van der Waals surface area contributed by atoms with Crippen LogP contribution >= 0.6 is 24.8 Å². The van der Waals surface area contributed by atoms with Crippen LogP contribution in [0.5, 0.6) is 0 Å². The molecule has 2 rings (SSSR count). The molecule has 1 aliphatic rings. The third kappa shape index (κ3) is 4.84. The zero-order valence-corrected chi connectivity index (χ0v) is 11.9. The number of rotatable bonds is 2. The van der Waals surface area contributed by atoms with E-state index in [-0.39, 0.29) is 43.0 Å². The normalized spacial score (nSPS) is 16.6. The van der Waals surface area contributed by atoms with Crippen LogP contribution in [0.3, 0.4) is 0 Å². The molecule has 0 unspecified atom stereocenters. The van der Waals surface area contributed by atoms with Crippen LogP contribution in [0.2, 0.25) is 0 Å². The van der Waals surface area contributed by atoms with E-state index in [9.17, 15) is 13.2 Å². The largest absolute Gasteiger partial charge is 0.328 e. The second-order valence-corrected chi connectivity index (χ2v) is 4.46. The first-order valence-corrected chi connectivity index (χ1v) is 5.67. The molecule has 0 aliphatic carbocycles. The molecule has 19 heavy (non-hydrogen) atoms. The van der Waals surface area contributed by atoms with Gasteiger partial charge in [0.2, 0.25) is 0 Å². The lowest BCUT2D eigenvalue weighted by Gasteiger charge is -2.30. The first-order valence-electron chi connectivity index (χ1n) is 5.67. The molecule has 2 nitrogen and oxygen atoms in total. The number of likely N-dealkylation sites (tertiary alicyclic amines) is 1. The Hall–Kier alpha value is -0.490. The summed E-state index contributed by atoms with van der Waals surface area (Å²) in [6, 6.07) is 1.61. The number of piperidine rings is 1.